The zero-order valence-electron chi connectivity index (χ0n) is 26.2. The monoisotopic (exact) mass is 644 g/mol. The molecule has 5 rings (SSSR count). The molecule has 3 aromatic carbocycles. The maximum Gasteiger partial charge on any atom is 0.328 e. The first-order valence-electron chi connectivity index (χ1n) is 15.2. The van der Waals surface area contributed by atoms with Crippen LogP contribution >= 0.6 is 11.8 Å². The van der Waals surface area contributed by atoms with Gasteiger partial charge in [-0.15, -0.1) is 0 Å². The number of hydrogen-bond acceptors (Lipinski definition) is 8. The van der Waals surface area contributed by atoms with Gasteiger partial charge in [0.1, 0.15) is 6.04 Å². The van der Waals surface area contributed by atoms with Crippen molar-refractivity contribution in [2.75, 3.05) is 12.9 Å². The number of thioether (sulfide) groups is 1. The van der Waals surface area contributed by atoms with Crippen molar-refractivity contribution >= 4 is 23.8 Å². The number of methoxy groups -OCH3 is 1. The third-order valence-electron chi connectivity index (χ3n) is 8.06. The molecule has 1 saturated heterocycles. The summed E-state index contributed by atoms with van der Waals surface area (Å²) < 4.78 is 20.0. The summed E-state index contributed by atoms with van der Waals surface area (Å²) in [6.07, 6.45) is 3.09. The molecule has 46 heavy (non-hydrogen) atoms. The molecule has 1 aromatic heterocycles. The van der Waals surface area contributed by atoms with Crippen molar-refractivity contribution in [1.29, 1.82) is 0 Å². The lowest BCUT2D eigenvalue weighted by atomic mass is 9.91. The van der Waals surface area contributed by atoms with Gasteiger partial charge in [0.2, 0.25) is 0 Å². The number of carbonyl (C=O) groups is 2. The molecule has 0 bridgehead atoms. The van der Waals surface area contributed by atoms with Crippen LogP contribution in [0, 0.1) is 5.92 Å². The number of aliphatic hydroxyl groups is 1. The van der Waals surface area contributed by atoms with Crippen LogP contribution in [-0.4, -0.2) is 51.7 Å². The van der Waals surface area contributed by atoms with E-state index in [1.807, 2.05) is 96.7 Å². The second kappa shape index (κ2) is 15.9. The highest BCUT2D eigenvalue weighted by molar-refractivity contribution is 7.99. The first-order valence-corrected chi connectivity index (χ1v) is 16.2. The third kappa shape index (κ3) is 8.55. The maximum absolute atomic E-state index is 12.7. The van der Waals surface area contributed by atoms with E-state index in [2.05, 4.69) is 22.5 Å². The van der Waals surface area contributed by atoms with Crippen LogP contribution in [0.3, 0.4) is 0 Å². The number of urea groups is 1. The summed E-state index contributed by atoms with van der Waals surface area (Å²) in [6.45, 7) is 2.38. The number of nitrogens with zero attached hydrogens (tertiary/aromatic N) is 2. The van der Waals surface area contributed by atoms with Gasteiger partial charge in [0.25, 0.3) is 0 Å². The quantitative estimate of drug-likeness (QED) is 0.144. The highest BCUT2D eigenvalue weighted by Gasteiger charge is 2.38. The van der Waals surface area contributed by atoms with E-state index in [0.717, 1.165) is 33.0 Å². The number of aromatic nitrogens is 2. The number of rotatable bonds is 12. The molecule has 2 amide bonds. The fourth-order valence-corrected chi connectivity index (χ4v) is 6.42. The number of carbonyl (C=O) groups excluding carboxylic acids is 2. The Labute approximate surface area is 273 Å². The van der Waals surface area contributed by atoms with E-state index in [0.29, 0.717) is 12.2 Å². The van der Waals surface area contributed by atoms with Gasteiger partial charge in [-0.2, -0.15) is 0 Å². The van der Waals surface area contributed by atoms with E-state index in [1.165, 1.54) is 7.11 Å². The number of benzene rings is 3. The summed E-state index contributed by atoms with van der Waals surface area (Å²) in [6, 6.07) is 23.7. The Morgan fingerprint density at radius 2 is 1.67 bits per heavy atom. The zero-order chi connectivity index (χ0) is 32.5. The minimum Gasteiger partial charge on any atom is -0.467 e. The minimum atomic E-state index is -0.811. The van der Waals surface area contributed by atoms with E-state index in [1.54, 1.807) is 18.0 Å². The number of amides is 2. The van der Waals surface area contributed by atoms with Gasteiger partial charge < -0.3 is 34.5 Å². The molecule has 11 heteroatoms. The molecule has 0 spiro atoms. The van der Waals surface area contributed by atoms with E-state index >= 15 is 0 Å². The molecule has 10 nitrogen and oxygen atoms in total. The number of nitrogens with one attached hydrogen (secondary N) is 2. The van der Waals surface area contributed by atoms with Crippen molar-refractivity contribution in [3.63, 3.8) is 0 Å². The van der Waals surface area contributed by atoms with Crippen LogP contribution in [0.5, 0.6) is 0 Å². The maximum atomic E-state index is 12.7. The van der Waals surface area contributed by atoms with E-state index < -0.39 is 24.3 Å². The van der Waals surface area contributed by atoms with E-state index in [9.17, 15) is 14.7 Å². The minimum absolute atomic E-state index is 0.0154. The third-order valence-corrected chi connectivity index (χ3v) is 9.20. The predicted molar refractivity (Wildman–Crippen MR) is 175 cm³/mol. The molecule has 1 fully saturated rings. The molecule has 5 atom stereocenters. The smallest absolute Gasteiger partial charge is 0.328 e. The van der Waals surface area contributed by atoms with Gasteiger partial charge in [0.15, 0.2) is 11.4 Å². The van der Waals surface area contributed by atoms with E-state index in [-0.39, 0.29) is 31.3 Å². The normalized spacial score (nSPS) is 20.1. The van der Waals surface area contributed by atoms with Crippen molar-refractivity contribution in [2.45, 2.75) is 56.2 Å². The highest BCUT2D eigenvalue weighted by Crippen LogP contribution is 2.42. The fourth-order valence-electron chi connectivity index (χ4n) is 5.33. The van der Waals surface area contributed by atoms with Gasteiger partial charge in [-0.25, -0.2) is 14.6 Å². The molecule has 0 radical (unpaired) electrons. The Hall–Kier alpha value is -4.16. The standard InChI is InChI=1S/C35H40N4O6S/c1-23-30(22-46-35-36-17-18-39(35)2)44-33(45-31(23)27-13-11-26(21-40)12-14-27)28-15-9-25(10-16-28)20-37-34(42)38-29(32(41)43-3)19-24-7-5-4-6-8-24/h4-18,23,29-31,33,40H,19-22H2,1-3H3,(H2,37,38,42). The number of hydrogen-bond donors (Lipinski definition) is 3. The summed E-state index contributed by atoms with van der Waals surface area (Å²) in [7, 11) is 3.28. The van der Waals surface area contributed by atoms with Gasteiger partial charge in [0, 0.05) is 49.6 Å². The van der Waals surface area contributed by atoms with Crippen LogP contribution in [0.15, 0.2) is 96.4 Å². The number of ether oxygens (including phenoxy) is 3. The average Bonchev–Trinajstić information content (AvgIpc) is 3.51. The highest BCUT2D eigenvalue weighted by atomic mass is 32.2. The van der Waals surface area contributed by atoms with Crippen molar-refractivity contribution in [2.24, 2.45) is 13.0 Å². The van der Waals surface area contributed by atoms with Crippen LogP contribution in [0.1, 0.15) is 47.1 Å². The number of aliphatic hydroxyl groups excluding tert-OH is 1. The van der Waals surface area contributed by atoms with Gasteiger partial charge in [-0.3, -0.25) is 0 Å². The fraction of sp³-hybridized carbons (Fsp3) is 0.343. The van der Waals surface area contributed by atoms with Gasteiger partial charge >= 0.3 is 12.0 Å². The Bertz CT molecular complexity index is 1560. The largest absolute Gasteiger partial charge is 0.467 e. The molecular weight excluding hydrogens is 604 g/mol. The van der Waals surface area contributed by atoms with Gasteiger partial charge in [-0.1, -0.05) is 97.5 Å². The predicted octanol–water partition coefficient (Wildman–Crippen LogP) is 5.08. The first-order chi connectivity index (χ1) is 22.3. The lowest BCUT2D eigenvalue weighted by Gasteiger charge is -2.41. The Morgan fingerprint density at radius 3 is 2.33 bits per heavy atom. The van der Waals surface area contributed by atoms with Crippen molar-refractivity contribution in [3.8, 4) is 0 Å². The second-order valence-electron chi connectivity index (χ2n) is 11.3. The molecule has 0 aliphatic carbocycles. The lowest BCUT2D eigenvalue weighted by molar-refractivity contribution is -0.268. The van der Waals surface area contributed by atoms with Crippen LogP contribution < -0.4 is 10.6 Å². The van der Waals surface area contributed by atoms with E-state index in [4.69, 9.17) is 14.2 Å². The molecule has 242 valence electrons. The first kappa shape index (κ1) is 33.2. The molecular formula is C35H40N4O6S. The van der Waals surface area contributed by atoms with Crippen LogP contribution in [-0.2, 0) is 45.6 Å². The van der Waals surface area contributed by atoms with Crippen LogP contribution in [0.25, 0.3) is 0 Å². The molecule has 1 aliphatic rings. The Kier molecular flexibility index (Phi) is 11.5. The Morgan fingerprint density at radius 1 is 0.978 bits per heavy atom. The molecule has 1 aliphatic heterocycles. The topological polar surface area (TPSA) is 124 Å². The van der Waals surface area contributed by atoms with Crippen molar-refractivity contribution < 1.29 is 28.9 Å². The lowest BCUT2D eigenvalue weighted by Crippen LogP contribution is -2.47. The van der Waals surface area contributed by atoms with Gasteiger partial charge in [-0.05, 0) is 22.3 Å². The van der Waals surface area contributed by atoms with Crippen LogP contribution in [0.4, 0.5) is 4.79 Å². The molecule has 3 N–H and O–H groups in total. The number of esters is 1. The van der Waals surface area contributed by atoms with Crippen molar-refractivity contribution in [3.05, 3.63) is 119 Å². The molecule has 5 unspecified atom stereocenters. The summed E-state index contributed by atoms with van der Waals surface area (Å²) in [4.78, 5) is 29.5. The molecule has 4 aromatic rings. The number of imidazole rings is 1. The summed E-state index contributed by atoms with van der Waals surface area (Å²) in [5, 5.41) is 16.0. The summed E-state index contributed by atoms with van der Waals surface area (Å²) >= 11 is 1.65. The van der Waals surface area contributed by atoms with Crippen LogP contribution in [0.2, 0.25) is 0 Å². The summed E-state index contributed by atoms with van der Waals surface area (Å²) in [5.41, 5.74) is 4.51. The van der Waals surface area contributed by atoms with Crippen molar-refractivity contribution in [1.82, 2.24) is 20.2 Å². The number of aryl methyl sites for hydroxylation is 1. The molecule has 2 heterocycles. The SMILES string of the molecule is COC(=O)C(Cc1ccccc1)NC(=O)NCc1ccc(C2OC(CSc3nccn3C)C(C)C(c3ccc(CO)cc3)O2)cc1. The average molecular weight is 645 g/mol. The molecule has 0 saturated carbocycles. The second-order valence-corrected chi connectivity index (χ2v) is 12.3. The van der Waals surface area contributed by atoms with Gasteiger partial charge in [0.05, 0.1) is 25.9 Å². The zero-order valence-corrected chi connectivity index (χ0v) is 27.0. The Balaban J connectivity index is 1.23. The summed E-state index contributed by atoms with van der Waals surface area (Å²) in [5.74, 6) is 0.247.